The van der Waals surface area contributed by atoms with Crippen LogP contribution in [0.2, 0.25) is 0 Å². The minimum atomic E-state index is 0.180. The second kappa shape index (κ2) is 8.08. The molecule has 0 saturated carbocycles. The summed E-state index contributed by atoms with van der Waals surface area (Å²) < 4.78 is 1.02. The molecule has 0 unspecified atom stereocenters. The van der Waals surface area contributed by atoms with E-state index in [1.165, 1.54) is 0 Å². The maximum atomic E-state index is 12.2. The Labute approximate surface area is 185 Å². The van der Waals surface area contributed by atoms with Crippen molar-refractivity contribution in [2.75, 3.05) is 31.3 Å². The van der Waals surface area contributed by atoms with Gasteiger partial charge in [0.05, 0.1) is 16.8 Å². The quantitative estimate of drug-likeness (QED) is 0.542. The number of likely N-dealkylation sites (N-methyl/N-ethyl adjacent to an activating group) is 1. The molecule has 3 N–H and O–H groups in total. The summed E-state index contributed by atoms with van der Waals surface area (Å²) in [5.74, 6) is 2.33. The summed E-state index contributed by atoms with van der Waals surface area (Å²) in [6.07, 6.45) is 4.31. The first-order valence-corrected chi connectivity index (χ1v) is 11.6. The van der Waals surface area contributed by atoms with Crippen LogP contribution in [0, 0.1) is 6.92 Å². The Hall–Kier alpha value is -2.72. The molecular weight excluding hydrogens is 412 g/mol. The number of aromatic nitrogens is 4. The zero-order valence-corrected chi connectivity index (χ0v) is 18.9. The Kier molecular flexibility index (Phi) is 5.27. The van der Waals surface area contributed by atoms with Gasteiger partial charge in [-0.2, -0.15) is 10.1 Å². The number of anilines is 3. The predicted octanol–water partition coefficient (Wildman–Crippen LogP) is 2.96. The fourth-order valence-corrected chi connectivity index (χ4v) is 5.52. The largest absolute Gasteiger partial charge is 0.351 e. The maximum Gasteiger partial charge on any atom is 0.236 e. The number of piperidine rings is 1. The molecule has 0 aliphatic carbocycles. The molecule has 2 bridgehead atoms. The van der Waals surface area contributed by atoms with Gasteiger partial charge in [0, 0.05) is 44.0 Å². The Bertz CT molecular complexity index is 1080. The van der Waals surface area contributed by atoms with E-state index in [0.29, 0.717) is 30.6 Å². The third-order valence-corrected chi connectivity index (χ3v) is 7.20. The second-order valence-corrected chi connectivity index (χ2v) is 9.67. The number of nitrogens with zero attached hydrogens (tertiary/aromatic N) is 5. The van der Waals surface area contributed by atoms with Gasteiger partial charge in [0.15, 0.2) is 11.6 Å². The van der Waals surface area contributed by atoms with Crippen molar-refractivity contribution in [1.82, 2.24) is 30.0 Å². The Morgan fingerprint density at radius 3 is 2.74 bits per heavy atom. The Morgan fingerprint density at radius 1 is 1.29 bits per heavy atom. The first-order chi connectivity index (χ1) is 15.0. The van der Waals surface area contributed by atoms with Gasteiger partial charge in [-0.1, -0.05) is 0 Å². The van der Waals surface area contributed by atoms with Gasteiger partial charge in [-0.15, -0.1) is 11.3 Å². The smallest absolute Gasteiger partial charge is 0.236 e. The minimum absolute atomic E-state index is 0.180. The predicted molar refractivity (Wildman–Crippen MR) is 123 cm³/mol. The van der Waals surface area contributed by atoms with E-state index in [0.717, 1.165) is 53.2 Å². The lowest BCUT2D eigenvalue weighted by atomic mass is 9.97. The first kappa shape index (κ1) is 20.2. The minimum Gasteiger partial charge on any atom is -0.351 e. The molecule has 2 aliphatic rings. The zero-order valence-electron chi connectivity index (χ0n) is 18.1. The summed E-state index contributed by atoms with van der Waals surface area (Å²) in [7, 11) is 3.65. The van der Waals surface area contributed by atoms with E-state index in [4.69, 9.17) is 9.97 Å². The number of amides is 1. The molecule has 5 heterocycles. The van der Waals surface area contributed by atoms with Gasteiger partial charge in [0.25, 0.3) is 0 Å². The van der Waals surface area contributed by atoms with Gasteiger partial charge in [-0.3, -0.25) is 14.8 Å². The van der Waals surface area contributed by atoms with Gasteiger partial charge in [0.2, 0.25) is 11.9 Å². The SMILES string of the molecule is Cc1cc(Nc2nc(N[C@@H]3C[C@H]4CC[C@@H](C3)N4CC(=O)N(C)C)nc3ccsc23)n[nH]1. The highest BCUT2D eigenvalue weighted by atomic mass is 32.1. The van der Waals surface area contributed by atoms with Crippen LogP contribution in [-0.2, 0) is 4.79 Å². The summed E-state index contributed by atoms with van der Waals surface area (Å²) in [5.41, 5.74) is 1.92. The van der Waals surface area contributed by atoms with Crippen molar-refractivity contribution in [2.24, 2.45) is 0 Å². The van der Waals surface area contributed by atoms with Crippen LogP contribution in [0.3, 0.4) is 0 Å². The number of thiophene rings is 1. The third-order valence-electron chi connectivity index (χ3n) is 6.29. The molecule has 3 atom stereocenters. The summed E-state index contributed by atoms with van der Waals surface area (Å²) in [6, 6.07) is 5.16. The molecule has 0 radical (unpaired) electrons. The highest BCUT2D eigenvalue weighted by Gasteiger charge is 2.41. The molecule has 3 aromatic rings. The summed E-state index contributed by atoms with van der Waals surface area (Å²) >= 11 is 1.62. The first-order valence-electron chi connectivity index (χ1n) is 10.7. The van der Waals surface area contributed by atoms with Gasteiger partial charge in [-0.05, 0) is 44.1 Å². The van der Waals surface area contributed by atoms with Gasteiger partial charge in [0.1, 0.15) is 0 Å². The van der Waals surface area contributed by atoms with Crippen molar-refractivity contribution < 1.29 is 4.79 Å². The van der Waals surface area contributed by atoms with E-state index in [9.17, 15) is 4.79 Å². The average molecular weight is 441 g/mol. The van der Waals surface area contributed by atoms with Gasteiger partial charge >= 0.3 is 0 Å². The molecule has 0 spiro atoms. The van der Waals surface area contributed by atoms with Crippen molar-refractivity contribution in [2.45, 2.75) is 50.7 Å². The normalized spacial score (nSPS) is 23.3. The maximum absolute atomic E-state index is 12.2. The lowest BCUT2D eigenvalue weighted by Gasteiger charge is -2.39. The topological polar surface area (TPSA) is 102 Å². The monoisotopic (exact) mass is 440 g/mol. The molecule has 1 amide bonds. The molecule has 2 aliphatic heterocycles. The van der Waals surface area contributed by atoms with E-state index in [1.807, 2.05) is 38.5 Å². The number of carbonyl (C=O) groups is 1. The van der Waals surface area contributed by atoms with Crippen LogP contribution in [0.15, 0.2) is 17.5 Å². The van der Waals surface area contributed by atoms with Crippen molar-refractivity contribution in [3.8, 4) is 0 Å². The van der Waals surface area contributed by atoms with Crippen LogP contribution in [0.5, 0.6) is 0 Å². The Morgan fingerprint density at radius 2 is 2.06 bits per heavy atom. The van der Waals surface area contributed by atoms with E-state index in [-0.39, 0.29) is 5.91 Å². The van der Waals surface area contributed by atoms with Crippen LogP contribution in [-0.4, -0.2) is 74.6 Å². The Balaban J connectivity index is 1.32. The number of fused-ring (bicyclic) bond motifs is 3. The van der Waals surface area contributed by atoms with E-state index in [2.05, 4.69) is 25.7 Å². The van der Waals surface area contributed by atoms with Gasteiger partial charge in [-0.25, -0.2) is 4.98 Å². The number of H-pyrrole nitrogens is 1. The average Bonchev–Trinajstić information content (AvgIpc) is 3.41. The molecule has 5 rings (SSSR count). The molecule has 2 saturated heterocycles. The number of nitrogens with one attached hydrogen (secondary N) is 3. The van der Waals surface area contributed by atoms with E-state index < -0.39 is 0 Å². The van der Waals surface area contributed by atoms with Crippen LogP contribution in [0.4, 0.5) is 17.6 Å². The van der Waals surface area contributed by atoms with Crippen molar-refractivity contribution >= 4 is 45.0 Å². The lowest BCUT2D eigenvalue weighted by Crippen LogP contribution is -2.50. The lowest BCUT2D eigenvalue weighted by molar-refractivity contribution is -0.131. The van der Waals surface area contributed by atoms with Crippen molar-refractivity contribution in [3.05, 3.63) is 23.2 Å². The summed E-state index contributed by atoms with van der Waals surface area (Å²) in [5, 5.41) is 16.2. The molecule has 164 valence electrons. The summed E-state index contributed by atoms with van der Waals surface area (Å²) in [6.45, 7) is 2.49. The molecule has 3 aromatic heterocycles. The molecule has 10 heteroatoms. The van der Waals surface area contributed by atoms with E-state index in [1.54, 1.807) is 16.2 Å². The molecule has 9 nitrogen and oxygen atoms in total. The molecule has 0 aromatic carbocycles. The second-order valence-electron chi connectivity index (χ2n) is 8.75. The number of aromatic amines is 1. The van der Waals surface area contributed by atoms with E-state index >= 15 is 0 Å². The van der Waals surface area contributed by atoms with Crippen molar-refractivity contribution in [3.63, 3.8) is 0 Å². The number of aryl methyl sites for hydroxylation is 1. The fraction of sp³-hybridized carbons (Fsp3) is 0.524. The van der Waals surface area contributed by atoms with Crippen LogP contribution < -0.4 is 10.6 Å². The summed E-state index contributed by atoms with van der Waals surface area (Å²) in [4.78, 5) is 25.8. The number of rotatable bonds is 6. The third kappa shape index (κ3) is 4.09. The highest BCUT2D eigenvalue weighted by molar-refractivity contribution is 7.17. The van der Waals surface area contributed by atoms with Crippen LogP contribution in [0.1, 0.15) is 31.4 Å². The standard InChI is InChI=1S/C21H28N8OS/c1-12-8-17(27-26-12)24-20-19-16(6-7-31-19)23-21(25-20)22-13-9-14-4-5-15(10-13)29(14)11-18(30)28(2)3/h6-8,13-15H,4-5,9-11H2,1-3H3,(H3,22,23,24,25,26,27)/t13-,14-,15+. The molecule has 31 heavy (non-hydrogen) atoms. The molecular formula is C21H28N8OS. The molecule has 2 fully saturated rings. The van der Waals surface area contributed by atoms with Crippen LogP contribution in [0.25, 0.3) is 10.2 Å². The van der Waals surface area contributed by atoms with Gasteiger partial charge < -0.3 is 15.5 Å². The zero-order chi connectivity index (χ0) is 21.5. The van der Waals surface area contributed by atoms with Crippen molar-refractivity contribution in [1.29, 1.82) is 0 Å². The van der Waals surface area contributed by atoms with Crippen LogP contribution >= 0.6 is 11.3 Å². The number of carbonyl (C=O) groups excluding carboxylic acids is 1. The fourth-order valence-electron chi connectivity index (χ4n) is 4.75. The number of hydrogen-bond donors (Lipinski definition) is 3. The number of hydrogen-bond acceptors (Lipinski definition) is 8. The highest BCUT2D eigenvalue weighted by Crippen LogP contribution is 2.37.